The average Bonchev–Trinajstić information content (AvgIpc) is 2.97. The van der Waals surface area contributed by atoms with Crippen LogP contribution in [0, 0.1) is 13.8 Å². The lowest BCUT2D eigenvalue weighted by atomic mass is 9.97. The molecular formula is C23H26F3N5O2. The zero-order valence-electron chi connectivity index (χ0n) is 18.9. The number of hydrogen-bond acceptors (Lipinski definition) is 5. The van der Waals surface area contributed by atoms with Crippen molar-refractivity contribution in [3.05, 3.63) is 46.9 Å². The maximum Gasteiger partial charge on any atom is 0.415 e. The summed E-state index contributed by atoms with van der Waals surface area (Å²) in [4.78, 5) is 18.1. The standard InChI is InChI=1S/C23H26F3N5O2/c1-12-9-31(11-20(33-12)23(24,25)26)10-15-5-6-16-17(21-13(2)29-30(4)14(21)3)8-19(22(27)32)28-18(16)7-15/h5-8,12,20H,9-11H2,1-4H3,(H2,27,32)/t12-,20-/m1/s1. The van der Waals surface area contributed by atoms with Gasteiger partial charge in [-0.3, -0.25) is 14.4 Å². The summed E-state index contributed by atoms with van der Waals surface area (Å²) < 4.78 is 46.5. The minimum absolute atomic E-state index is 0.120. The van der Waals surface area contributed by atoms with E-state index < -0.39 is 24.3 Å². The molecule has 1 aliphatic rings. The predicted octanol–water partition coefficient (Wildman–Crippen LogP) is 3.50. The number of fused-ring (bicyclic) bond motifs is 1. The summed E-state index contributed by atoms with van der Waals surface area (Å²) in [5, 5.41) is 5.28. The molecule has 0 unspecified atom stereocenters. The summed E-state index contributed by atoms with van der Waals surface area (Å²) in [6.45, 7) is 5.93. The zero-order chi connectivity index (χ0) is 24.1. The van der Waals surface area contributed by atoms with E-state index in [0.717, 1.165) is 33.5 Å². The Morgan fingerprint density at radius 2 is 1.97 bits per heavy atom. The maximum atomic E-state index is 13.2. The third-order valence-corrected chi connectivity index (χ3v) is 6.01. The third kappa shape index (κ3) is 4.58. The Kier molecular flexibility index (Phi) is 5.92. The molecule has 1 aromatic carbocycles. The van der Waals surface area contributed by atoms with Crippen molar-refractivity contribution in [3.8, 4) is 11.1 Å². The fourth-order valence-electron chi connectivity index (χ4n) is 4.48. The van der Waals surface area contributed by atoms with Gasteiger partial charge in [-0.25, -0.2) is 4.98 Å². The number of primary amides is 1. The second-order valence-corrected chi connectivity index (χ2v) is 8.61. The molecule has 2 atom stereocenters. The van der Waals surface area contributed by atoms with Crippen LogP contribution in [-0.4, -0.2) is 57.0 Å². The number of benzene rings is 1. The summed E-state index contributed by atoms with van der Waals surface area (Å²) in [5.74, 6) is -0.655. The van der Waals surface area contributed by atoms with Crippen LogP contribution in [0.5, 0.6) is 0 Å². The van der Waals surface area contributed by atoms with Crippen LogP contribution in [0.15, 0.2) is 24.3 Å². The summed E-state index contributed by atoms with van der Waals surface area (Å²) in [6.07, 6.45) is -6.76. The molecule has 1 fully saturated rings. The maximum absolute atomic E-state index is 13.2. The number of ether oxygens (including phenoxy) is 1. The van der Waals surface area contributed by atoms with Crippen molar-refractivity contribution in [2.24, 2.45) is 12.8 Å². The molecule has 2 aromatic heterocycles. The Morgan fingerprint density at radius 3 is 2.58 bits per heavy atom. The van der Waals surface area contributed by atoms with E-state index in [0.29, 0.717) is 18.6 Å². The first-order valence-electron chi connectivity index (χ1n) is 10.6. The van der Waals surface area contributed by atoms with Gasteiger partial charge in [0.15, 0.2) is 6.10 Å². The van der Waals surface area contributed by atoms with Crippen molar-refractivity contribution in [2.45, 2.75) is 45.7 Å². The molecule has 2 N–H and O–H groups in total. The van der Waals surface area contributed by atoms with Crippen LogP contribution >= 0.6 is 0 Å². The highest BCUT2D eigenvalue weighted by atomic mass is 19.4. The number of aromatic nitrogens is 3. The van der Waals surface area contributed by atoms with Gasteiger partial charge in [0.05, 0.1) is 17.3 Å². The van der Waals surface area contributed by atoms with Crippen LogP contribution in [0.2, 0.25) is 0 Å². The fourth-order valence-corrected chi connectivity index (χ4v) is 4.48. The van der Waals surface area contributed by atoms with Crippen molar-refractivity contribution < 1.29 is 22.7 Å². The van der Waals surface area contributed by atoms with E-state index in [1.165, 1.54) is 0 Å². The predicted molar refractivity (Wildman–Crippen MR) is 118 cm³/mol. The van der Waals surface area contributed by atoms with Gasteiger partial charge < -0.3 is 10.5 Å². The lowest BCUT2D eigenvalue weighted by Gasteiger charge is -2.37. The molecule has 176 valence electrons. The van der Waals surface area contributed by atoms with Gasteiger partial charge in [0, 0.05) is 43.3 Å². The number of aryl methyl sites for hydroxylation is 2. The van der Waals surface area contributed by atoms with Crippen LogP contribution in [0.4, 0.5) is 13.2 Å². The minimum Gasteiger partial charge on any atom is -0.364 e. The normalized spacial score (nSPS) is 19.8. The quantitative estimate of drug-likeness (QED) is 0.643. The van der Waals surface area contributed by atoms with Crippen molar-refractivity contribution in [1.29, 1.82) is 0 Å². The highest BCUT2D eigenvalue weighted by Gasteiger charge is 2.44. The van der Waals surface area contributed by atoms with Gasteiger partial charge in [0.25, 0.3) is 5.91 Å². The fraction of sp³-hybridized carbons (Fsp3) is 0.435. The smallest absolute Gasteiger partial charge is 0.364 e. The number of pyridine rings is 1. The Hall–Kier alpha value is -2.98. The first kappa shape index (κ1) is 23.2. The average molecular weight is 461 g/mol. The minimum atomic E-state index is -4.41. The Labute approximate surface area is 189 Å². The molecule has 1 aliphatic heterocycles. The van der Waals surface area contributed by atoms with E-state index in [4.69, 9.17) is 10.5 Å². The number of morpholine rings is 1. The summed E-state index contributed by atoms with van der Waals surface area (Å²) >= 11 is 0. The van der Waals surface area contributed by atoms with Crippen molar-refractivity contribution in [3.63, 3.8) is 0 Å². The van der Waals surface area contributed by atoms with Crippen LogP contribution in [0.1, 0.15) is 34.4 Å². The van der Waals surface area contributed by atoms with Crippen LogP contribution in [0.25, 0.3) is 22.0 Å². The SMILES string of the molecule is Cc1nn(C)c(C)c1-c1cc(C(N)=O)nc2cc(CN3C[C@@H](C)O[C@@H](C(F)(F)F)C3)ccc12. The number of carbonyl (C=O) groups is 1. The lowest BCUT2D eigenvalue weighted by Crippen LogP contribution is -2.51. The number of carbonyl (C=O) groups excluding carboxylic acids is 1. The van der Waals surface area contributed by atoms with Gasteiger partial charge in [-0.2, -0.15) is 18.3 Å². The van der Waals surface area contributed by atoms with E-state index in [1.807, 2.05) is 33.0 Å². The van der Waals surface area contributed by atoms with Gasteiger partial charge in [0.1, 0.15) is 5.69 Å². The Balaban J connectivity index is 1.74. The van der Waals surface area contributed by atoms with Crippen molar-refractivity contribution in [1.82, 2.24) is 19.7 Å². The summed E-state index contributed by atoms with van der Waals surface area (Å²) in [6, 6.07) is 7.23. The molecule has 0 saturated carbocycles. The molecule has 33 heavy (non-hydrogen) atoms. The molecule has 7 nitrogen and oxygen atoms in total. The first-order chi connectivity index (χ1) is 15.4. The number of alkyl halides is 3. The van der Waals surface area contributed by atoms with E-state index in [9.17, 15) is 18.0 Å². The molecule has 4 rings (SSSR count). The number of rotatable bonds is 4. The van der Waals surface area contributed by atoms with E-state index in [2.05, 4.69) is 10.1 Å². The lowest BCUT2D eigenvalue weighted by molar-refractivity contribution is -0.252. The molecule has 0 bridgehead atoms. The monoisotopic (exact) mass is 461 g/mol. The van der Waals surface area contributed by atoms with Crippen molar-refractivity contribution in [2.75, 3.05) is 13.1 Å². The Bertz CT molecular complexity index is 1220. The number of nitrogens with zero attached hydrogens (tertiary/aromatic N) is 4. The molecule has 3 heterocycles. The second-order valence-electron chi connectivity index (χ2n) is 8.61. The number of halogens is 3. The van der Waals surface area contributed by atoms with Gasteiger partial charge in [-0.05, 0) is 44.0 Å². The van der Waals surface area contributed by atoms with Crippen molar-refractivity contribution >= 4 is 16.8 Å². The van der Waals surface area contributed by atoms with Crippen LogP contribution < -0.4 is 5.73 Å². The molecule has 0 aliphatic carbocycles. The summed E-state index contributed by atoms with van der Waals surface area (Å²) in [7, 11) is 1.85. The highest BCUT2D eigenvalue weighted by molar-refractivity contribution is 6.01. The van der Waals surface area contributed by atoms with Gasteiger partial charge >= 0.3 is 6.18 Å². The van der Waals surface area contributed by atoms with Gasteiger partial charge in [-0.15, -0.1) is 0 Å². The van der Waals surface area contributed by atoms with Gasteiger partial charge in [0.2, 0.25) is 0 Å². The number of hydrogen-bond donors (Lipinski definition) is 1. The molecule has 3 aromatic rings. The molecule has 1 amide bonds. The first-order valence-corrected chi connectivity index (χ1v) is 10.6. The van der Waals surface area contributed by atoms with E-state index in [1.54, 1.807) is 28.6 Å². The molecular weight excluding hydrogens is 435 g/mol. The highest BCUT2D eigenvalue weighted by Crippen LogP contribution is 2.34. The third-order valence-electron chi connectivity index (χ3n) is 6.01. The topological polar surface area (TPSA) is 86.3 Å². The number of nitrogens with two attached hydrogens (primary N) is 1. The molecule has 0 spiro atoms. The van der Waals surface area contributed by atoms with Gasteiger partial charge in [-0.1, -0.05) is 12.1 Å². The molecule has 1 saturated heterocycles. The molecule has 10 heteroatoms. The zero-order valence-corrected chi connectivity index (χ0v) is 18.9. The van der Waals surface area contributed by atoms with E-state index in [-0.39, 0.29) is 12.2 Å². The number of amides is 1. The van der Waals surface area contributed by atoms with Crippen LogP contribution in [-0.2, 0) is 18.3 Å². The largest absolute Gasteiger partial charge is 0.415 e. The summed E-state index contributed by atoms with van der Waals surface area (Å²) in [5.41, 5.74) is 10.4. The second kappa shape index (κ2) is 8.42. The molecule has 0 radical (unpaired) electrons. The Morgan fingerprint density at radius 1 is 1.24 bits per heavy atom. The van der Waals surface area contributed by atoms with Crippen LogP contribution in [0.3, 0.4) is 0 Å². The van der Waals surface area contributed by atoms with E-state index >= 15 is 0 Å².